The molecule has 0 heterocycles. The Kier molecular flexibility index (Phi) is 5.91. The van der Waals surface area contributed by atoms with Crippen LogP contribution in [0, 0.1) is 18.8 Å². The summed E-state index contributed by atoms with van der Waals surface area (Å²) < 4.78 is 0. The average molecular weight is 332 g/mol. The topological polar surface area (TPSA) is 29.1 Å². The van der Waals surface area contributed by atoms with Gasteiger partial charge in [-0.3, -0.25) is 4.79 Å². The van der Waals surface area contributed by atoms with Crippen LogP contribution in [0.1, 0.15) is 60.9 Å². The molecular weight excluding hydrogens is 306 g/mol. The van der Waals surface area contributed by atoms with Crippen molar-refractivity contribution < 1.29 is 4.79 Å². The standard InChI is InChI=1S/C19H24ClNO.CH2/c1-2-14-7-8-17(20)16(11-14)18(22)21-13-19-9-3-5-15(12-19)6-4-10-19;/h2,7-8,11,15H,1,3-6,9-10,12-13H2,(H,21,22);1H2. The molecule has 2 aliphatic carbocycles. The number of amides is 1. The van der Waals surface area contributed by atoms with Crippen LogP contribution in [0.15, 0.2) is 24.8 Å². The van der Waals surface area contributed by atoms with Gasteiger partial charge in [0.25, 0.3) is 5.91 Å². The summed E-state index contributed by atoms with van der Waals surface area (Å²) in [4.78, 5) is 12.5. The molecule has 0 atom stereocenters. The fourth-order valence-corrected chi connectivity index (χ4v) is 4.48. The number of hydrogen-bond acceptors (Lipinski definition) is 1. The zero-order valence-corrected chi connectivity index (χ0v) is 14.5. The first-order valence-corrected chi connectivity index (χ1v) is 8.70. The summed E-state index contributed by atoms with van der Waals surface area (Å²) in [7, 11) is 0. The summed E-state index contributed by atoms with van der Waals surface area (Å²) in [6, 6.07) is 5.45. The van der Waals surface area contributed by atoms with E-state index in [0.29, 0.717) is 16.0 Å². The Labute approximate surface area is 145 Å². The van der Waals surface area contributed by atoms with Crippen LogP contribution in [0.4, 0.5) is 0 Å². The Bertz CT molecular complexity index is 571. The number of carbonyl (C=O) groups excluding carboxylic acids is 1. The zero-order valence-electron chi connectivity index (χ0n) is 13.7. The minimum Gasteiger partial charge on any atom is -0.351 e. The Morgan fingerprint density at radius 1 is 1.35 bits per heavy atom. The van der Waals surface area contributed by atoms with Crippen LogP contribution in [-0.4, -0.2) is 12.5 Å². The number of rotatable bonds is 4. The van der Waals surface area contributed by atoms with Crippen LogP contribution in [0.5, 0.6) is 0 Å². The highest BCUT2D eigenvalue weighted by molar-refractivity contribution is 6.33. The van der Waals surface area contributed by atoms with Gasteiger partial charge in [-0.15, -0.1) is 0 Å². The van der Waals surface area contributed by atoms with Gasteiger partial charge < -0.3 is 5.32 Å². The van der Waals surface area contributed by atoms with Gasteiger partial charge in [0.2, 0.25) is 0 Å². The molecule has 2 bridgehead atoms. The Balaban J connectivity index is 0.00000192. The van der Waals surface area contributed by atoms with Crippen LogP contribution in [-0.2, 0) is 0 Å². The van der Waals surface area contributed by atoms with E-state index in [-0.39, 0.29) is 13.3 Å². The van der Waals surface area contributed by atoms with E-state index in [1.165, 1.54) is 44.9 Å². The molecule has 1 aromatic rings. The SMILES string of the molecule is C=Cc1ccc(Cl)c(C(=O)NCC23CCCC(CCC2)C3)c1.[CH2]. The molecule has 2 radical (unpaired) electrons. The molecule has 0 spiro atoms. The molecule has 0 aliphatic heterocycles. The number of benzene rings is 1. The van der Waals surface area contributed by atoms with Crippen molar-refractivity contribution in [1.82, 2.24) is 5.32 Å². The average Bonchev–Trinajstić information content (AvgIpc) is 2.53. The van der Waals surface area contributed by atoms with E-state index in [9.17, 15) is 4.79 Å². The third-order valence-electron chi connectivity index (χ3n) is 5.46. The second-order valence-corrected chi connectivity index (χ2v) is 7.39. The second kappa shape index (κ2) is 7.53. The maximum atomic E-state index is 12.5. The zero-order chi connectivity index (χ0) is 15.6. The molecule has 3 rings (SSSR count). The highest BCUT2D eigenvalue weighted by atomic mass is 35.5. The van der Waals surface area contributed by atoms with Crippen molar-refractivity contribution in [3.8, 4) is 0 Å². The minimum absolute atomic E-state index is 0. The first-order valence-electron chi connectivity index (χ1n) is 8.32. The monoisotopic (exact) mass is 331 g/mol. The van der Waals surface area contributed by atoms with Crippen molar-refractivity contribution in [2.75, 3.05) is 6.54 Å². The molecule has 23 heavy (non-hydrogen) atoms. The van der Waals surface area contributed by atoms with Crippen LogP contribution in [0.3, 0.4) is 0 Å². The van der Waals surface area contributed by atoms with Gasteiger partial charge in [0.05, 0.1) is 10.6 Å². The molecule has 2 saturated carbocycles. The van der Waals surface area contributed by atoms with Crippen molar-refractivity contribution in [2.45, 2.75) is 44.9 Å². The lowest BCUT2D eigenvalue weighted by Gasteiger charge is -2.45. The quantitative estimate of drug-likeness (QED) is 0.786. The molecule has 1 N–H and O–H groups in total. The molecular formula is C20H26ClNO. The van der Waals surface area contributed by atoms with E-state index < -0.39 is 0 Å². The first kappa shape index (κ1) is 18.1. The lowest BCUT2D eigenvalue weighted by Crippen LogP contribution is -2.43. The molecule has 124 valence electrons. The largest absolute Gasteiger partial charge is 0.351 e. The van der Waals surface area contributed by atoms with Crippen molar-refractivity contribution in [1.29, 1.82) is 0 Å². The Morgan fingerprint density at radius 3 is 2.70 bits per heavy atom. The smallest absolute Gasteiger partial charge is 0.252 e. The van der Waals surface area contributed by atoms with E-state index in [2.05, 4.69) is 11.9 Å². The third-order valence-corrected chi connectivity index (χ3v) is 5.78. The van der Waals surface area contributed by atoms with E-state index in [0.717, 1.165) is 18.0 Å². The van der Waals surface area contributed by atoms with Gasteiger partial charge in [0.15, 0.2) is 0 Å². The summed E-state index contributed by atoms with van der Waals surface area (Å²) in [5, 5.41) is 3.65. The number of carbonyl (C=O) groups is 1. The van der Waals surface area contributed by atoms with Crippen molar-refractivity contribution in [3.63, 3.8) is 0 Å². The molecule has 2 nitrogen and oxygen atoms in total. The van der Waals surface area contributed by atoms with Gasteiger partial charge >= 0.3 is 0 Å². The highest BCUT2D eigenvalue weighted by Gasteiger charge is 2.39. The Hall–Kier alpha value is -1.28. The van der Waals surface area contributed by atoms with E-state index in [4.69, 9.17) is 11.6 Å². The number of hydrogen-bond donors (Lipinski definition) is 1. The minimum atomic E-state index is -0.0595. The van der Waals surface area contributed by atoms with Crippen LogP contribution in [0.2, 0.25) is 5.02 Å². The van der Waals surface area contributed by atoms with Crippen molar-refractivity contribution >= 4 is 23.6 Å². The molecule has 2 fully saturated rings. The summed E-state index contributed by atoms with van der Waals surface area (Å²) in [5.41, 5.74) is 1.81. The fraction of sp³-hybridized carbons (Fsp3) is 0.500. The maximum Gasteiger partial charge on any atom is 0.252 e. The number of fused-ring (bicyclic) bond motifs is 2. The molecule has 3 heteroatoms. The van der Waals surface area contributed by atoms with Crippen molar-refractivity contribution in [3.05, 3.63) is 48.4 Å². The van der Waals surface area contributed by atoms with Crippen molar-refractivity contribution in [2.24, 2.45) is 11.3 Å². The van der Waals surface area contributed by atoms with Crippen LogP contribution < -0.4 is 5.32 Å². The van der Waals surface area contributed by atoms with E-state index in [1.54, 1.807) is 12.1 Å². The molecule has 0 aromatic heterocycles. The third kappa shape index (κ3) is 3.98. The van der Waals surface area contributed by atoms with Gasteiger partial charge in [-0.05, 0) is 48.3 Å². The highest BCUT2D eigenvalue weighted by Crippen LogP contribution is 2.48. The van der Waals surface area contributed by atoms with E-state index >= 15 is 0 Å². The summed E-state index contributed by atoms with van der Waals surface area (Å²) in [6.45, 7) is 4.53. The second-order valence-electron chi connectivity index (χ2n) is 6.98. The summed E-state index contributed by atoms with van der Waals surface area (Å²) in [5.74, 6) is 0.822. The van der Waals surface area contributed by atoms with Gasteiger partial charge in [-0.25, -0.2) is 0 Å². The van der Waals surface area contributed by atoms with Crippen LogP contribution in [0.25, 0.3) is 6.08 Å². The normalized spacial score (nSPS) is 26.0. The molecule has 0 saturated heterocycles. The summed E-state index contributed by atoms with van der Waals surface area (Å²) in [6.07, 6.45) is 10.9. The molecule has 2 aliphatic rings. The van der Waals surface area contributed by atoms with Crippen LogP contribution >= 0.6 is 11.6 Å². The predicted molar refractivity (Wildman–Crippen MR) is 97.5 cm³/mol. The number of halogens is 1. The molecule has 1 amide bonds. The summed E-state index contributed by atoms with van der Waals surface area (Å²) >= 11 is 6.18. The lowest BCUT2D eigenvalue weighted by atomic mass is 9.62. The molecule has 0 unspecified atom stereocenters. The van der Waals surface area contributed by atoms with Gasteiger partial charge in [-0.1, -0.05) is 63.4 Å². The lowest BCUT2D eigenvalue weighted by molar-refractivity contribution is 0.0682. The van der Waals surface area contributed by atoms with Gasteiger partial charge in [-0.2, -0.15) is 0 Å². The first-order chi connectivity index (χ1) is 10.6. The predicted octanol–water partition coefficient (Wildman–Crippen LogP) is 5.40. The van der Waals surface area contributed by atoms with E-state index in [1.807, 2.05) is 12.1 Å². The maximum absolute atomic E-state index is 12.5. The molecule has 1 aromatic carbocycles. The number of nitrogens with one attached hydrogen (secondary N) is 1. The Morgan fingerprint density at radius 2 is 2.04 bits per heavy atom. The van der Waals surface area contributed by atoms with Gasteiger partial charge in [0.1, 0.15) is 0 Å². The van der Waals surface area contributed by atoms with Gasteiger partial charge in [0, 0.05) is 6.54 Å². The fourth-order valence-electron chi connectivity index (χ4n) is 4.28.